The van der Waals surface area contributed by atoms with E-state index < -0.39 is 5.97 Å². The quantitative estimate of drug-likeness (QED) is 0.782. The summed E-state index contributed by atoms with van der Waals surface area (Å²) in [6.45, 7) is 2.21. The van der Waals surface area contributed by atoms with E-state index in [-0.39, 0.29) is 11.8 Å². The number of methoxy groups -OCH3 is 1. The van der Waals surface area contributed by atoms with E-state index in [1.165, 1.54) is 32.6 Å². The third kappa shape index (κ3) is 3.66. The van der Waals surface area contributed by atoms with Gasteiger partial charge in [-0.15, -0.1) is 0 Å². The van der Waals surface area contributed by atoms with E-state index in [4.69, 9.17) is 4.74 Å². The van der Waals surface area contributed by atoms with Crippen LogP contribution in [0, 0.1) is 5.92 Å². The molecule has 0 amide bonds. The molecule has 1 aliphatic carbocycles. The molecule has 0 N–H and O–H groups in total. The monoisotopic (exact) mass is 264 g/mol. The minimum atomic E-state index is -0.493. The normalized spacial score (nSPS) is 22.8. The molecule has 0 aliphatic heterocycles. The van der Waals surface area contributed by atoms with Crippen LogP contribution in [0.15, 0.2) is 12.4 Å². The number of aromatic nitrogens is 2. The summed E-state index contributed by atoms with van der Waals surface area (Å²) in [7, 11) is 1.32. The Morgan fingerprint density at radius 2 is 2.26 bits per heavy atom. The van der Waals surface area contributed by atoms with Crippen molar-refractivity contribution < 1.29 is 14.3 Å². The fraction of sp³-hybridized carbons (Fsp3) is 0.643. The molecule has 2 atom stereocenters. The molecule has 0 spiro atoms. The molecule has 19 heavy (non-hydrogen) atoms. The van der Waals surface area contributed by atoms with Gasteiger partial charge in [0.25, 0.3) is 0 Å². The lowest BCUT2D eigenvalue weighted by Crippen LogP contribution is -2.25. The van der Waals surface area contributed by atoms with Crippen molar-refractivity contribution in [1.29, 1.82) is 0 Å². The molecule has 2 rings (SSSR count). The van der Waals surface area contributed by atoms with Gasteiger partial charge in [-0.05, 0) is 25.2 Å². The molecule has 0 bridgehead atoms. The second kappa shape index (κ2) is 6.50. The van der Waals surface area contributed by atoms with Crippen molar-refractivity contribution >= 4 is 5.97 Å². The first-order valence-electron chi connectivity index (χ1n) is 6.80. The largest absolute Gasteiger partial charge is 0.473 e. The Morgan fingerprint density at radius 1 is 1.42 bits per heavy atom. The number of rotatable bonds is 4. The molecular weight excluding hydrogens is 244 g/mol. The lowest BCUT2D eigenvalue weighted by atomic mass is 9.85. The fourth-order valence-electron chi connectivity index (χ4n) is 2.50. The van der Waals surface area contributed by atoms with Crippen LogP contribution in [0.25, 0.3) is 0 Å². The molecular formula is C14H20N2O3. The maximum Gasteiger partial charge on any atom is 0.358 e. The molecule has 5 nitrogen and oxygen atoms in total. The fourth-order valence-corrected chi connectivity index (χ4v) is 2.50. The smallest absolute Gasteiger partial charge is 0.358 e. The van der Waals surface area contributed by atoms with E-state index in [9.17, 15) is 4.79 Å². The molecule has 2 unspecified atom stereocenters. The van der Waals surface area contributed by atoms with Gasteiger partial charge >= 0.3 is 5.97 Å². The molecule has 0 aromatic carbocycles. The highest BCUT2D eigenvalue weighted by molar-refractivity contribution is 5.86. The number of carbonyl (C=O) groups is 1. The van der Waals surface area contributed by atoms with Crippen LogP contribution in [-0.4, -0.2) is 29.2 Å². The molecule has 0 radical (unpaired) electrons. The van der Waals surface area contributed by atoms with E-state index in [0.29, 0.717) is 5.88 Å². The molecule has 1 fully saturated rings. The number of ether oxygens (including phenoxy) is 2. The Hall–Kier alpha value is -1.65. The van der Waals surface area contributed by atoms with Crippen LogP contribution in [0.4, 0.5) is 0 Å². The van der Waals surface area contributed by atoms with Gasteiger partial charge < -0.3 is 9.47 Å². The first-order chi connectivity index (χ1) is 9.22. The summed E-state index contributed by atoms with van der Waals surface area (Å²) >= 11 is 0. The minimum absolute atomic E-state index is 0.181. The van der Waals surface area contributed by atoms with Gasteiger partial charge in [-0.3, -0.25) is 4.98 Å². The number of esters is 1. The predicted molar refractivity (Wildman–Crippen MR) is 70.0 cm³/mol. The standard InChI is InChI=1S/C14H20N2O3/c1-3-10-5-4-6-11(7-10)19-13-9-15-8-12(16-13)14(17)18-2/h8-11H,3-7H2,1-2H3. The van der Waals surface area contributed by atoms with Crippen molar-refractivity contribution in [3.05, 3.63) is 18.1 Å². The van der Waals surface area contributed by atoms with E-state index in [0.717, 1.165) is 18.8 Å². The Labute approximate surface area is 113 Å². The first-order valence-corrected chi connectivity index (χ1v) is 6.80. The van der Waals surface area contributed by atoms with E-state index in [1.54, 1.807) is 6.20 Å². The Bertz CT molecular complexity index is 436. The van der Waals surface area contributed by atoms with Crippen LogP contribution in [0.3, 0.4) is 0 Å². The topological polar surface area (TPSA) is 61.3 Å². The molecule has 1 aromatic rings. The summed E-state index contributed by atoms with van der Waals surface area (Å²) in [5.41, 5.74) is 0.183. The number of nitrogens with zero attached hydrogens (tertiary/aromatic N) is 2. The SMILES string of the molecule is CCC1CCCC(Oc2cncc(C(=O)OC)n2)C1. The van der Waals surface area contributed by atoms with E-state index in [1.807, 2.05) is 0 Å². The Balaban J connectivity index is 2.00. The minimum Gasteiger partial charge on any atom is -0.473 e. The molecule has 1 aromatic heterocycles. The van der Waals surface area contributed by atoms with Crippen molar-refractivity contribution in [1.82, 2.24) is 9.97 Å². The van der Waals surface area contributed by atoms with Crippen LogP contribution < -0.4 is 4.74 Å². The highest BCUT2D eigenvalue weighted by atomic mass is 16.5. The predicted octanol–water partition coefficient (Wildman–Crippen LogP) is 2.61. The van der Waals surface area contributed by atoms with Crippen LogP contribution in [0.1, 0.15) is 49.5 Å². The average molecular weight is 264 g/mol. The summed E-state index contributed by atoms with van der Waals surface area (Å²) < 4.78 is 10.5. The van der Waals surface area contributed by atoms with Gasteiger partial charge in [0.05, 0.1) is 19.5 Å². The van der Waals surface area contributed by atoms with Crippen molar-refractivity contribution in [2.24, 2.45) is 5.92 Å². The average Bonchev–Trinajstić information content (AvgIpc) is 2.47. The molecule has 1 heterocycles. The van der Waals surface area contributed by atoms with Crippen molar-refractivity contribution in [3.63, 3.8) is 0 Å². The zero-order valence-electron chi connectivity index (χ0n) is 11.5. The summed E-state index contributed by atoms with van der Waals surface area (Å²) in [5, 5.41) is 0. The molecule has 104 valence electrons. The lowest BCUT2D eigenvalue weighted by Gasteiger charge is -2.28. The number of hydrogen-bond acceptors (Lipinski definition) is 5. The van der Waals surface area contributed by atoms with Gasteiger partial charge in [0.15, 0.2) is 5.69 Å². The third-order valence-electron chi connectivity index (χ3n) is 3.61. The highest BCUT2D eigenvalue weighted by Gasteiger charge is 2.22. The summed E-state index contributed by atoms with van der Waals surface area (Å²) in [6.07, 6.45) is 8.86. The second-order valence-electron chi connectivity index (χ2n) is 4.91. The lowest BCUT2D eigenvalue weighted by molar-refractivity contribution is 0.0589. The van der Waals surface area contributed by atoms with Crippen LogP contribution in [0.5, 0.6) is 5.88 Å². The van der Waals surface area contributed by atoms with Crippen molar-refractivity contribution in [2.75, 3.05) is 7.11 Å². The van der Waals surface area contributed by atoms with E-state index in [2.05, 4.69) is 21.6 Å². The van der Waals surface area contributed by atoms with E-state index >= 15 is 0 Å². The van der Waals surface area contributed by atoms with Crippen LogP contribution in [0.2, 0.25) is 0 Å². The van der Waals surface area contributed by atoms with Crippen LogP contribution in [-0.2, 0) is 4.74 Å². The second-order valence-corrected chi connectivity index (χ2v) is 4.91. The van der Waals surface area contributed by atoms with Gasteiger partial charge in [0.2, 0.25) is 5.88 Å². The summed E-state index contributed by atoms with van der Waals surface area (Å²) in [4.78, 5) is 19.5. The maximum absolute atomic E-state index is 11.4. The Kier molecular flexibility index (Phi) is 4.71. The first kappa shape index (κ1) is 13.8. The molecule has 0 saturated heterocycles. The maximum atomic E-state index is 11.4. The van der Waals surface area contributed by atoms with Gasteiger partial charge in [0, 0.05) is 0 Å². The van der Waals surface area contributed by atoms with Crippen LogP contribution >= 0.6 is 0 Å². The highest BCUT2D eigenvalue weighted by Crippen LogP contribution is 2.28. The van der Waals surface area contributed by atoms with Gasteiger partial charge in [0.1, 0.15) is 6.10 Å². The number of carbonyl (C=O) groups excluding carboxylic acids is 1. The van der Waals surface area contributed by atoms with Gasteiger partial charge in [-0.1, -0.05) is 19.8 Å². The molecule has 1 saturated carbocycles. The number of hydrogen-bond donors (Lipinski definition) is 0. The summed E-state index contributed by atoms with van der Waals surface area (Å²) in [6, 6.07) is 0. The van der Waals surface area contributed by atoms with Crippen molar-refractivity contribution in [2.45, 2.75) is 45.1 Å². The van der Waals surface area contributed by atoms with Gasteiger partial charge in [-0.2, -0.15) is 0 Å². The Morgan fingerprint density at radius 3 is 3.00 bits per heavy atom. The zero-order valence-corrected chi connectivity index (χ0v) is 11.5. The molecule has 5 heteroatoms. The summed E-state index contributed by atoms with van der Waals surface area (Å²) in [5.74, 6) is 0.646. The zero-order chi connectivity index (χ0) is 13.7. The van der Waals surface area contributed by atoms with Gasteiger partial charge in [-0.25, -0.2) is 9.78 Å². The third-order valence-corrected chi connectivity index (χ3v) is 3.61. The molecule has 1 aliphatic rings. The van der Waals surface area contributed by atoms with Crippen molar-refractivity contribution in [3.8, 4) is 5.88 Å².